The summed E-state index contributed by atoms with van der Waals surface area (Å²) in [4.78, 5) is 0. The highest BCUT2D eigenvalue weighted by Gasteiger charge is 2.26. The number of nitrogens with two attached hydrogens (primary N) is 1. The van der Waals surface area contributed by atoms with E-state index in [-0.39, 0.29) is 6.04 Å². The van der Waals surface area contributed by atoms with Crippen LogP contribution in [-0.4, -0.2) is 29.0 Å². The van der Waals surface area contributed by atoms with E-state index < -0.39 is 0 Å². The van der Waals surface area contributed by atoms with Gasteiger partial charge in [-0.1, -0.05) is 18.5 Å². The lowest BCUT2D eigenvalue weighted by Crippen LogP contribution is -2.45. The van der Waals surface area contributed by atoms with Crippen molar-refractivity contribution >= 4 is 11.6 Å². The minimum Gasteiger partial charge on any atom is -0.381 e. The van der Waals surface area contributed by atoms with Gasteiger partial charge in [-0.05, 0) is 25.2 Å². The van der Waals surface area contributed by atoms with Crippen LogP contribution in [0.1, 0.15) is 31.2 Å². The molecule has 0 radical (unpaired) electrons. The number of hydrogen-bond donors (Lipinski definition) is 2. The minimum atomic E-state index is 0.179. The van der Waals surface area contributed by atoms with Crippen LogP contribution in [0.25, 0.3) is 0 Å². The van der Waals surface area contributed by atoms with Crippen molar-refractivity contribution in [1.82, 2.24) is 15.2 Å². The van der Waals surface area contributed by atoms with E-state index in [1.807, 2.05) is 11.7 Å². The van der Waals surface area contributed by atoms with E-state index >= 15 is 0 Å². The van der Waals surface area contributed by atoms with E-state index in [4.69, 9.17) is 22.2 Å². The maximum Gasteiger partial charge on any atom is 0.0850 e. The van der Waals surface area contributed by atoms with E-state index in [1.165, 1.54) is 0 Å². The number of nitrogens with zero attached hydrogens (tertiary/aromatic N) is 2. The molecular weight excluding hydrogens is 264 g/mol. The van der Waals surface area contributed by atoms with Gasteiger partial charge in [-0.25, -0.2) is 0 Å². The largest absolute Gasteiger partial charge is 0.381 e. The second-order valence-corrected chi connectivity index (χ2v) is 5.52. The number of aryl methyl sites for hydroxylation is 2. The van der Waals surface area contributed by atoms with Gasteiger partial charge in [0.25, 0.3) is 0 Å². The monoisotopic (exact) mass is 286 g/mol. The zero-order valence-corrected chi connectivity index (χ0v) is 12.4. The molecule has 19 heavy (non-hydrogen) atoms. The number of rotatable bonds is 5. The van der Waals surface area contributed by atoms with Crippen molar-refractivity contribution in [2.45, 2.75) is 38.6 Å². The Balaban J connectivity index is 2.11. The van der Waals surface area contributed by atoms with E-state index in [0.717, 1.165) is 55.3 Å². The Morgan fingerprint density at radius 3 is 2.95 bits per heavy atom. The van der Waals surface area contributed by atoms with Gasteiger partial charge in [0, 0.05) is 26.1 Å². The van der Waals surface area contributed by atoms with Crippen LogP contribution in [-0.2, 0) is 24.6 Å². The summed E-state index contributed by atoms with van der Waals surface area (Å²) in [5, 5.41) is 5.23. The number of hydrazine groups is 1. The molecule has 5 nitrogen and oxygen atoms in total. The lowest BCUT2D eigenvalue weighted by molar-refractivity contribution is 0.0390. The first-order chi connectivity index (χ1) is 9.17. The molecule has 0 spiro atoms. The molecule has 0 aromatic carbocycles. The molecule has 2 unspecified atom stereocenters. The topological polar surface area (TPSA) is 65.1 Å². The summed E-state index contributed by atoms with van der Waals surface area (Å²) in [5.41, 5.74) is 4.92. The van der Waals surface area contributed by atoms with Gasteiger partial charge < -0.3 is 4.74 Å². The first-order valence-corrected chi connectivity index (χ1v) is 7.29. The minimum absolute atomic E-state index is 0.179. The third kappa shape index (κ3) is 3.28. The van der Waals surface area contributed by atoms with Crippen molar-refractivity contribution in [3.63, 3.8) is 0 Å². The predicted molar refractivity (Wildman–Crippen MR) is 76.0 cm³/mol. The second-order valence-electron chi connectivity index (χ2n) is 5.14. The van der Waals surface area contributed by atoms with Gasteiger partial charge in [0.2, 0.25) is 0 Å². The van der Waals surface area contributed by atoms with Gasteiger partial charge >= 0.3 is 0 Å². The molecule has 6 heteroatoms. The molecule has 1 aromatic heterocycles. The Labute approximate surface area is 119 Å². The Kier molecular flexibility index (Phi) is 5.21. The van der Waals surface area contributed by atoms with E-state index in [9.17, 15) is 0 Å². The summed E-state index contributed by atoms with van der Waals surface area (Å²) in [7, 11) is 1.94. The SMILES string of the molecule is CCc1nn(C)c(CC(NN)C2CCCOC2)c1Cl. The van der Waals surface area contributed by atoms with Gasteiger partial charge in [-0.3, -0.25) is 16.0 Å². The van der Waals surface area contributed by atoms with Crippen molar-refractivity contribution in [3.8, 4) is 0 Å². The summed E-state index contributed by atoms with van der Waals surface area (Å²) in [5.74, 6) is 6.15. The Morgan fingerprint density at radius 2 is 2.42 bits per heavy atom. The molecule has 1 saturated heterocycles. The van der Waals surface area contributed by atoms with Crippen molar-refractivity contribution in [1.29, 1.82) is 0 Å². The van der Waals surface area contributed by atoms with Gasteiger partial charge in [-0.15, -0.1) is 0 Å². The van der Waals surface area contributed by atoms with Crippen LogP contribution in [0.5, 0.6) is 0 Å². The Morgan fingerprint density at radius 1 is 1.63 bits per heavy atom. The standard InChI is InChI=1S/C13H23ClN4O/c1-3-10-13(14)12(18(2)17-10)7-11(16-15)9-5-4-6-19-8-9/h9,11,16H,3-8,15H2,1-2H3. The van der Waals surface area contributed by atoms with Crippen LogP contribution >= 0.6 is 11.6 Å². The summed E-state index contributed by atoms with van der Waals surface area (Å²) in [6.07, 6.45) is 3.87. The molecule has 0 aliphatic carbocycles. The fourth-order valence-electron chi connectivity index (χ4n) is 2.69. The van der Waals surface area contributed by atoms with Crippen LogP contribution in [0.3, 0.4) is 0 Å². The Hall–Kier alpha value is -0.620. The first kappa shape index (κ1) is 14.8. The van der Waals surface area contributed by atoms with Crippen LogP contribution in [0, 0.1) is 5.92 Å². The van der Waals surface area contributed by atoms with Crippen LogP contribution in [0.4, 0.5) is 0 Å². The van der Waals surface area contributed by atoms with E-state index in [1.54, 1.807) is 0 Å². The highest BCUT2D eigenvalue weighted by molar-refractivity contribution is 6.31. The molecule has 1 aliphatic rings. The van der Waals surface area contributed by atoms with Gasteiger partial charge in [0.1, 0.15) is 0 Å². The van der Waals surface area contributed by atoms with E-state index in [2.05, 4.69) is 17.4 Å². The third-order valence-corrected chi connectivity index (χ3v) is 4.33. The fourth-order valence-corrected chi connectivity index (χ4v) is 3.07. The van der Waals surface area contributed by atoms with Crippen molar-refractivity contribution in [2.75, 3.05) is 13.2 Å². The molecular formula is C13H23ClN4O. The summed E-state index contributed by atoms with van der Waals surface area (Å²) < 4.78 is 7.41. The molecule has 0 bridgehead atoms. The predicted octanol–water partition coefficient (Wildman–Crippen LogP) is 1.44. The highest BCUT2D eigenvalue weighted by Crippen LogP contribution is 2.25. The Bertz CT molecular complexity index is 415. The molecule has 2 rings (SSSR count). The molecule has 3 N–H and O–H groups in total. The lowest BCUT2D eigenvalue weighted by atomic mass is 9.91. The average molecular weight is 287 g/mol. The first-order valence-electron chi connectivity index (χ1n) is 6.91. The second kappa shape index (κ2) is 6.70. The van der Waals surface area contributed by atoms with Gasteiger partial charge in [-0.2, -0.15) is 5.10 Å². The van der Waals surface area contributed by atoms with E-state index in [0.29, 0.717) is 5.92 Å². The summed E-state index contributed by atoms with van der Waals surface area (Å²) in [6.45, 7) is 3.69. The van der Waals surface area contributed by atoms with Crippen molar-refractivity contribution < 1.29 is 4.74 Å². The average Bonchev–Trinajstić information content (AvgIpc) is 2.72. The maximum absolute atomic E-state index is 6.39. The van der Waals surface area contributed by atoms with Gasteiger partial charge in [0.15, 0.2) is 0 Å². The molecule has 108 valence electrons. The highest BCUT2D eigenvalue weighted by atomic mass is 35.5. The molecule has 2 atom stereocenters. The number of nitrogens with one attached hydrogen (secondary N) is 1. The maximum atomic E-state index is 6.39. The molecule has 1 fully saturated rings. The number of halogens is 1. The molecule has 1 aromatic rings. The van der Waals surface area contributed by atoms with Gasteiger partial charge in [0.05, 0.1) is 23.0 Å². The van der Waals surface area contributed by atoms with Crippen LogP contribution < -0.4 is 11.3 Å². The number of ether oxygens (including phenoxy) is 1. The van der Waals surface area contributed by atoms with Crippen LogP contribution in [0.15, 0.2) is 0 Å². The summed E-state index contributed by atoms with van der Waals surface area (Å²) >= 11 is 6.39. The molecule has 1 aliphatic heterocycles. The normalized spacial score (nSPS) is 21.6. The molecule has 2 heterocycles. The number of hydrogen-bond acceptors (Lipinski definition) is 4. The lowest BCUT2D eigenvalue weighted by Gasteiger charge is -2.29. The van der Waals surface area contributed by atoms with Crippen molar-refractivity contribution in [3.05, 3.63) is 16.4 Å². The number of aromatic nitrogens is 2. The van der Waals surface area contributed by atoms with Crippen molar-refractivity contribution in [2.24, 2.45) is 18.8 Å². The van der Waals surface area contributed by atoms with Crippen LogP contribution in [0.2, 0.25) is 5.02 Å². The smallest absolute Gasteiger partial charge is 0.0850 e. The quantitative estimate of drug-likeness (QED) is 0.635. The molecule has 0 amide bonds. The summed E-state index contributed by atoms with van der Waals surface area (Å²) in [6, 6.07) is 0.179. The fraction of sp³-hybridized carbons (Fsp3) is 0.769. The zero-order chi connectivity index (χ0) is 13.8. The molecule has 0 saturated carbocycles. The zero-order valence-electron chi connectivity index (χ0n) is 11.7. The third-order valence-electron chi connectivity index (χ3n) is 3.89.